The van der Waals surface area contributed by atoms with E-state index in [1.54, 1.807) is 18.2 Å². The fourth-order valence-electron chi connectivity index (χ4n) is 2.03. The van der Waals surface area contributed by atoms with Gasteiger partial charge in [-0.05, 0) is 18.2 Å². The number of nitrogens with one attached hydrogen (secondary N) is 1. The predicted octanol–water partition coefficient (Wildman–Crippen LogP) is 0.587. The number of nitrogens with two attached hydrogens (primary N) is 1. The summed E-state index contributed by atoms with van der Waals surface area (Å²) in [5.74, 6) is 0.462. The molecule has 0 amide bonds. The van der Waals surface area contributed by atoms with Crippen LogP contribution in [0, 0.1) is 10.1 Å². The van der Waals surface area contributed by atoms with E-state index in [9.17, 15) is 14.9 Å². The van der Waals surface area contributed by atoms with Crippen molar-refractivity contribution in [2.45, 2.75) is 6.54 Å². The molecule has 10 heteroatoms. The molecule has 0 aliphatic heterocycles. The molecule has 0 fully saturated rings. The van der Waals surface area contributed by atoms with Gasteiger partial charge >= 0.3 is 11.2 Å². The van der Waals surface area contributed by atoms with E-state index in [2.05, 4.69) is 20.3 Å². The minimum Gasteiger partial charge on any atom is -0.384 e. The van der Waals surface area contributed by atoms with E-state index in [0.717, 1.165) is 4.40 Å². The average Bonchev–Trinajstić information content (AvgIpc) is 2.53. The number of nitro groups is 1. The maximum Gasteiger partial charge on any atom is 0.376 e. The van der Waals surface area contributed by atoms with Crippen LogP contribution in [-0.4, -0.2) is 24.3 Å². The fourth-order valence-corrected chi connectivity index (χ4v) is 2.03. The minimum atomic E-state index is -0.767. The van der Waals surface area contributed by atoms with Crippen LogP contribution in [0.1, 0.15) is 5.82 Å². The van der Waals surface area contributed by atoms with Crippen LogP contribution in [0.4, 0.5) is 17.3 Å². The summed E-state index contributed by atoms with van der Waals surface area (Å²) >= 11 is 0. The van der Waals surface area contributed by atoms with Crippen LogP contribution < -0.4 is 16.6 Å². The number of hydrogen-bond acceptors (Lipinski definition) is 8. The van der Waals surface area contributed by atoms with Crippen LogP contribution in [-0.2, 0) is 6.54 Å². The Bertz CT molecular complexity index is 954. The number of fused-ring (bicyclic) bond motifs is 1. The first-order chi connectivity index (χ1) is 11.1. The monoisotopic (exact) mass is 313 g/mol. The van der Waals surface area contributed by atoms with Crippen LogP contribution >= 0.6 is 0 Å². The Morgan fingerprint density at radius 2 is 2.13 bits per heavy atom. The van der Waals surface area contributed by atoms with Gasteiger partial charge < -0.3 is 11.1 Å². The molecule has 0 bridgehead atoms. The maximum absolute atomic E-state index is 12.2. The second-order valence-electron chi connectivity index (χ2n) is 4.55. The molecule has 0 saturated carbocycles. The third-order valence-corrected chi connectivity index (χ3v) is 3.03. The molecule has 0 aliphatic carbocycles. The van der Waals surface area contributed by atoms with E-state index < -0.39 is 16.2 Å². The van der Waals surface area contributed by atoms with Gasteiger partial charge in [0.2, 0.25) is 5.82 Å². The van der Waals surface area contributed by atoms with E-state index >= 15 is 0 Å². The lowest BCUT2D eigenvalue weighted by Crippen LogP contribution is -2.21. The molecule has 23 heavy (non-hydrogen) atoms. The Balaban J connectivity index is 2.04. The SMILES string of the molecule is Nc1ccnc(CNc2nc3ccccn3c(=O)c2[N+](=O)[O-])n1. The van der Waals surface area contributed by atoms with Crippen molar-refractivity contribution in [2.75, 3.05) is 11.1 Å². The molecule has 0 atom stereocenters. The number of aromatic nitrogens is 4. The minimum absolute atomic E-state index is 0.0430. The standard InChI is InChI=1S/C13H11N7O3/c14-8-4-5-15-9(17-8)7-16-12-11(20(22)23)13(21)19-6-2-1-3-10(19)18-12/h1-6,16H,7H2,(H2,14,15,17). The summed E-state index contributed by atoms with van der Waals surface area (Å²) in [6.45, 7) is 0.0430. The molecule has 0 saturated heterocycles. The van der Waals surface area contributed by atoms with E-state index in [1.807, 2.05) is 0 Å². The fraction of sp³-hybridized carbons (Fsp3) is 0.0769. The molecule has 0 spiro atoms. The molecule has 116 valence electrons. The van der Waals surface area contributed by atoms with Gasteiger partial charge in [0.05, 0.1) is 11.5 Å². The Labute approximate surface area is 128 Å². The molecule has 0 unspecified atom stereocenters. The second kappa shape index (κ2) is 5.67. The summed E-state index contributed by atoms with van der Waals surface area (Å²) in [5, 5.41) is 13.9. The van der Waals surface area contributed by atoms with Crippen molar-refractivity contribution in [3.63, 3.8) is 0 Å². The number of pyridine rings is 1. The topological polar surface area (TPSA) is 141 Å². The first-order valence-electron chi connectivity index (χ1n) is 6.53. The highest BCUT2D eigenvalue weighted by molar-refractivity contribution is 5.59. The number of rotatable bonds is 4. The lowest BCUT2D eigenvalue weighted by molar-refractivity contribution is -0.385. The molecule has 0 aliphatic rings. The molecule has 3 aromatic rings. The van der Waals surface area contributed by atoms with Crippen molar-refractivity contribution in [3.8, 4) is 0 Å². The molecule has 3 N–H and O–H groups in total. The highest BCUT2D eigenvalue weighted by Gasteiger charge is 2.23. The molecule has 3 heterocycles. The quantitative estimate of drug-likeness (QED) is 0.526. The largest absolute Gasteiger partial charge is 0.384 e. The van der Waals surface area contributed by atoms with Gasteiger partial charge in [0.1, 0.15) is 17.3 Å². The summed E-state index contributed by atoms with van der Waals surface area (Å²) in [5.41, 5.74) is 4.43. The lowest BCUT2D eigenvalue weighted by Gasteiger charge is -2.07. The molecule has 0 radical (unpaired) electrons. The van der Waals surface area contributed by atoms with Crippen LogP contribution in [0.25, 0.3) is 5.65 Å². The Morgan fingerprint density at radius 1 is 1.30 bits per heavy atom. The molecule has 3 aromatic heterocycles. The van der Waals surface area contributed by atoms with Crippen molar-refractivity contribution in [1.29, 1.82) is 0 Å². The Kier molecular flexibility index (Phi) is 3.55. The molecule has 3 rings (SSSR count). The zero-order chi connectivity index (χ0) is 16.4. The first-order valence-corrected chi connectivity index (χ1v) is 6.53. The van der Waals surface area contributed by atoms with Gasteiger partial charge in [-0.25, -0.2) is 15.0 Å². The van der Waals surface area contributed by atoms with Crippen LogP contribution in [0.15, 0.2) is 41.5 Å². The van der Waals surface area contributed by atoms with Crippen LogP contribution in [0.2, 0.25) is 0 Å². The summed E-state index contributed by atoms with van der Waals surface area (Å²) in [4.78, 5) is 34.8. The highest BCUT2D eigenvalue weighted by atomic mass is 16.6. The van der Waals surface area contributed by atoms with Gasteiger partial charge in [-0.3, -0.25) is 19.3 Å². The summed E-state index contributed by atoms with van der Waals surface area (Å²) in [6, 6.07) is 6.37. The first kappa shape index (κ1) is 14.4. The van der Waals surface area contributed by atoms with Gasteiger partial charge in [-0.1, -0.05) is 6.07 Å². The van der Waals surface area contributed by atoms with Crippen LogP contribution in [0.3, 0.4) is 0 Å². The Morgan fingerprint density at radius 3 is 2.87 bits per heavy atom. The third kappa shape index (κ3) is 2.77. The van der Waals surface area contributed by atoms with E-state index in [-0.39, 0.29) is 18.2 Å². The zero-order valence-electron chi connectivity index (χ0n) is 11.7. The van der Waals surface area contributed by atoms with Crippen molar-refractivity contribution in [2.24, 2.45) is 0 Å². The maximum atomic E-state index is 12.2. The zero-order valence-corrected chi connectivity index (χ0v) is 11.7. The van der Waals surface area contributed by atoms with Crippen molar-refractivity contribution in [1.82, 2.24) is 19.4 Å². The lowest BCUT2D eigenvalue weighted by atomic mass is 10.4. The third-order valence-electron chi connectivity index (χ3n) is 3.03. The second-order valence-corrected chi connectivity index (χ2v) is 4.55. The molecule has 0 aromatic carbocycles. The highest BCUT2D eigenvalue weighted by Crippen LogP contribution is 2.18. The van der Waals surface area contributed by atoms with Gasteiger partial charge in [-0.2, -0.15) is 0 Å². The van der Waals surface area contributed by atoms with Gasteiger partial charge in [0.15, 0.2) is 0 Å². The van der Waals surface area contributed by atoms with E-state index in [0.29, 0.717) is 11.5 Å². The predicted molar refractivity (Wildman–Crippen MR) is 81.9 cm³/mol. The van der Waals surface area contributed by atoms with Gasteiger partial charge in [0, 0.05) is 12.4 Å². The summed E-state index contributed by atoms with van der Waals surface area (Å²) in [6.07, 6.45) is 2.89. The normalized spacial score (nSPS) is 10.6. The smallest absolute Gasteiger partial charge is 0.376 e. The molecular weight excluding hydrogens is 302 g/mol. The summed E-state index contributed by atoms with van der Waals surface area (Å²) < 4.78 is 1.11. The number of hydrogen-bond donors (Lipinski definition) is 2. The number of nitrogens with zero attached hydrogens (tertiary/aromatic N) is 5. The van der Waals surface area contributed by atoms with Gasteiger partial charge in [-0.15, -0.1) is 0 Å². The average molecular weight is 313 g/mol. The molecule has 10 nitrogen and oxygen atoms in total. The van der Waals surface area contributed by atoms with Gasteiger partial charge in [0.25, 0.3) is 0 Å². The summed E-state index contributed by atoms with van der Waals surface area (Å²) in [7, 11) is 0. The van der Waals surface area contributed by atoms with E-state index in [1.165, 1.54) is 18.5 Å². The Hall–Kier alpha value is -3.56. The van der Waals surface area contributed by atoms with Crippen molar-refractivity contribution in [3.05, 3.63) is 63.0 Å². The molecular formula is C13H11N7O3. The van der Waals surface area contributed by atoms with E-state index in [4.69, 9.17) is 5.73 Å². The number of anilines is 2. The van der Waals surface area contributed by atoms with Crippen LogP contribution in [0.5, 0.6) is 0 Å². The number of nitrogen functional groups attached to an aromatic ring is 1. The van der Waals surface area contributed by atoms with Crippen molar-refractivity contribution < 1.29 is 4.92 Å². The van der Waals surface area contributed by atoms with Crippen molar-refractivity contribution >= 4 is 23.0 Å².